The third-order valence-electron chi connectivity index (χ3n) is 12.1. The van der Waals surface area contributed by atoms with Crippen molar-refractivity contribution in [3.8, 4) is 23.0 Å². The Kier molecular flexibility index (Phi) is 17.5. The number of carbonyl (C=O) groups is 3. The van der Waals surface area contributed by atoms with E-state index >= 15 is 0 Å². The van der Waals surface area contributed by atoms with Gasteiger partial charge in [0.2, 0.25) is 0 Å². The van der Waals surface area contributed by atoms with Gasteiger partial charge in [0.15, 0.2) is 45.4 Å². The van der Waals surface area contributed by atoms with Crippen LogP contribution >= 0.6 is 0 Å². The fourth-order valence-corrected chi connectivity index (χ4v) is 8.68. The number of Topliss-reactive ketones (excluding diaryl/α,β-unsaturated/α-hetero) is 1. The zero-order valence-corrected chi connectivity index (χ0v) is 42.8. The number of likely N-dealkylation sites (tertiary alicyclic amines) is 1. The lowest BCUT2D eigenvalue weighted by Crippen LogP contribution is -2.46. The van der Waals surface area contributed by atoms with E-state index in [9.17, 15) is 56.2 Å². The van der Waals surface area contributed by atoms with Crippen LogP contribution in [0.3, 0.4) is 0 Å². The standard InChI is InChI=1S/C21H29F3N2O9SSi.C20H30N2O7Si/c1-20(2,3)37(6,7)34-12-13-8-14(35-36(30,31)21(22,23)24)11-25(13)19(27)15-9-17(32-4)18(33-5)10-16(15)26(28)29;1-20(2,3)30(6,7)29-12-13-8-14(23)11-21(13)19(24)15-9-17(27-4)18(28-5)10-16(15)22(25)26/h9-11,13H,8,12H2,1-7H3;9-10,13H,8,11-12H2,1-7H3/t2*13-/m00/s1. The van der Waals surface area contributed by atoms with Gasteiger partial charge < -0.3 is 41.8 Å². The molecule has 0 aliphatic carbocycles. The van der Waals surface area contributed by atoms with Gasteiger partial charge in [-0.2, -0.15) is 21.6 Å². The minimum atomic E-state index is -6.01. The fourth-order valence-electron chi connectivity index (χ4n) is 6.11. The first-order valence-corrected chi connectivity index (χ1v) is 27.8. The molecule has 2 aliphatic rings. The van der Waals surface area contributed by atoms with Crippen LogP contribution in [0.25, 0.3) is 0 Å². The van der Waals surface area contributed by atoms with Crippen molar-refractivity contribution in [2.24, 2.45) is 0 Å². The SMILES string of the molecule is COc1cc(C(=O)N2C=C(OS(=O)(=O)C(F)(F)F)C[C@H]2CO[Si](C)(C)C(C)(C)C)c([N+](=O)[O-])cc1OC.COc1cc(C(=O)N2CC(=O)C[C@H]2CO[Si](C)(C)C(C)(C)C)c([N+](=O)[O-])cc1OC. The van der Waals surface area contributed by atoms with Crippen LogP contribution in [-0.2, 0) is 27.9 Å². The average Bonchev–Trinajstić information content (AvgIpc) is 3.81. The molecule has 2 aromatic rings. The second kappa shape index (κ2) is 20.9. The number of alkyl halides is 3. The molecule has 0 aromatic heterocycles. The Labute approximate surface area is 389 Å². The van der Waals surface area contributed by atoms with E-state index in [2.05, 4.69) is 38.0 Å². The maximum absolute atomic E-state index is 13.5. The van der Waals surface area contributed by atoms with Crippen LogP contribution in [0, 0.1) is 20.2 Å². The third-order valence-corrected chi connectivity index (χ3v) is 22.1. The summed E-state index contributed by atoms with van der Waals surface area (Å²) in [7, 11) is -5.28. The molecule has 2 aliphatic heterocycles. The minimum Gasteiger partial charge on any atom is -0.493 e. The predicted octanol–water partition coefficient (Wildman–Crippen LogP) is 7.97. The summed E-state index contributed by atoms with van der Waals surface area (Å²) >= 11 is 0. The Hall–Kier alpha value is -5.32. The van der Waals surface area contributed by atoms with E-state index < -0.39 is 95.1 Å². The highest BCUT2D eigenvalue weighted by atomic mass is 32.2. The van der Waals surface area contributed by atoms with E-state index in [4.69, 9.17) is 27.8 Å². The molecule has 4 rings (SSSR count). The number of benzene rings is 2. The van der Waals surface area contributed by atoms with Gasteiger partial charge in [0, 0.05) is 31.2 Å². The van der Waals surface area contributed by atoms with Crippen LogP contribution in [0.2, 0.25) is 36.3 Å². The van der Waals surface area contributed by atoms with Crippen molar-refractivity contribution in [2.75, 3.05) is 48.2 Å². The Morgan fingerprint density at radius 2 is 1.09 bits per heavy atom. The third kappa shape index (κ3) is 13.0. The van der Waals surface area contributed by atoms with E-state index in [0.29, 0.717) is 0 Å². The van der Waals surface area contributed by atoms with Crippen molar-refractivity contribution in [3.63, 3.8) is 0 Å². The van der Waals surface area contributed by atoms with Crippen molar-refractivity contribution in [3.05, 3.63) is 67.6 Å². The molecule has 374 valence electrons. The molecule has 0 saturated carbocycles. The topological polar surface area (TPSA) is 243 Å². The van der Waals surface area contributed by atoms with E-state index in [1.807, 2.05) is 33.9 Å². The number of carbonyl (C=O) groups excluding carboxylic acids is 3. The molecule has 2 amide bonds. The Balaban J connectivity index is 0.000000363. The lowest BCUT2D eigenvalue weighted by molar-refractivity contribution is -0.385. The number of hydrogen-bond acceptors (Lipinski definition) is 16. The summed E-state index contributed by atoms with van der Waals surface area (Å²) < 4.78 is 98.9. The average molecular weight is 1010 g/mol. The van der Waals surface area contributed by atoms with Gasteiger partial charge in [-0.25, -0.2) is 0 Å². The van der Waals surface area contributed by atoms with E-state index in [1.54, 1.807) is 0 Å². The second-order valence-corrected chi connectivity index (χ2v) is 29.7. The van der Waals surface area contributed by atoms with E-state index in [1.165, 1.54) is 39.4 Å². The Bertz CT molecular complexity index is 2370. The molecule has 0 N–H and O–H groups in total. The number of halogens is 3. The number of ketones is 1. The molecule has 1 fully saturated rings. The van der Waals surface area contributed by atoms with Crippen molar-refractivity contribution in [1.82, 2.24) is 9.80 Å². The van der Waals surface area contributed by atoms with Gasteiger partial charge in [0.25, 0.3) is 23.2 Å². The van der Waals surface area contributed by atoms with Crippen molar-refractivity contribution in [2.45, 2.75) is 108 Å². The molecule has 0 radical (unpaired) electrons. The summed E-state index contributed by atoms with van der Waals surface area (Å²) in [5.74, 6) is -2.06. The first kappa shape index (κ1) is 56.0. The van der Waals surface area contributed by atoms with Gasteiger partial charge in [-0.05, 0) is 36.3 Å². The van der Waals surface area contributed by atoms with Gasteiger partial charge >= 0.3 is 15.6 Å². The van der Waals surface area contributed by atoms with Gasteiger partial charge in [0.05, 0.1) is 82.3 Å². The maximum Gasteiger partial charge on any atom is 0.534 e. The highest BCUT2D eigenvalue weighted by Gasteiger charge is 2.50. The molecule has 2 aromatic carbocycles. The first-order chi connectivity index (χ1) is 30.6. The van der Waals surface area contributed by atoms with Crippen LogP contribution in [0.4, 0.5) is 24.5 Å². The summed E-state index contributed by atoms with van der Waals surface area (Å²) in [6.07, 6.45) is 0.518. The van der Waals surface area contributed by atoms with Gasteiger partial charge in [0.1, 0.15) is 16.9 Å². The number of ether oxygens (including phenoxy) is 4. The van der Waals surface area contributed by atoms with Gasteiger partial charge in [-0.15, -0.1) is 0 Å². The molecule has 1 saturated heterocycles. The summed E-state index contributed by atoms with van der Waals surface area (Å²) in [5.41, 5.74) is -7.36. The smallest absolute Gasteiger partial charge is 0.493 e. The highest BCUT2D eigenvalue weighted by Crippen LogP contribution is 2.41. The number of methoxy groups -OCH3 is 4. The Morgan fingerprint density at radius 3 is 1.46 bits per heavy atom. The molecule has 0 unspecified atom stereocenters. The molecule has 2 heterocycles. The minimum absolute atomic E-state index is 0.00942. The lowest BCUT2D eigenvalue weighted by Gasteiger charge is -2.37. The predicted molar refractivity (Wildman–Crippen MR) is 242 cm³/mol. The zero-order valence-electron chi connectivity index (χ0n) is 39.9. The van der Waals surface area contributed by atoms with Crippen LogP contribution in [0.1, 0.15) is 75.1 Å². The second-order valence-electron chi connectivity index (χ2n) is 18.6. The molecule has 2 atom stereocenters. The first-order valence-electron chi connectivity index (χ1n) is 20.5. The fraction of sp³-hybridized carbons (Fsp3) is 0.585. The van der Waals surface area contributed by atoms with Crippen molar-refractivity contribution < 1.29 is 77.8 Å². The summed E-state index contributed by atoms with van der Waals surface area (Å²) in [5, 5.41) is 23.0. The maximum atomic E-state index is 13.5. The highest BCUT2D eigenvalue weighted by molar-refractivity contribution is 7.87. The number of rotatable bonds is 16. The lowest BCUT2D eigenvalue weighted by atomic mass is 10.1. The molecule has 0 spiro atoms. The number of hydrogen-bond donors (Lipinski definition) is 0. The monoisotopic (exact) mass is 1010 g/mol. The number of nitro groups is 2. The normalized spacial score (nSPS) is 17.0. The molecule has 26 heteroatoms. The molecular weight excluding hydrogens is 950 g/mol. The van der Waals surface area contributed by atoms with E-state index in [-0.39, 0.29) is 70.6 Å². The van der Waals surface area contributed by atoms with Crippen molar-refractivity contribution in [1.29, 1.82) is 0 Å². The van der Waals surface area contributed by atoms with Gasteiger partial charge in [-0.3, -0.25) is 34.6 Å². The largest absolute Gasteiger partial charge is 0.534 e. The van der Waals surface area contributed by atoms with Crippen LogP contribution in [0.5, 0.6) is 23.0 Å². The van der Waals surface area contributed by atoms with Crippen LogP contribution in [-0.4, -0.2) is 128 Å². The summed E-state index contributed by atoms with van der Waals surface area (Å²) in [4.78, 5) is 62.9. The van der Waals surface area contributed by atoms with Gasteiger partial charge in [-0.1, -0.05) is 41.5 Å². The van der Waals surface area contributed by atoms with Crippen LogP contribution in [0.15, 0.2) is 36.2 Å². The number of nitro benzene ring substituents is 2. The van der Waals surface area contributed by atoms with Crippen molar-refractivity contribution >= 4 is 55.7 Å². The molecule has 67 heavy (non-hydrogen) atoms. The quantitative estimate of drug-likeness (QED) is 0.0509. The summed E-state index contributed by atoms with van der Waals surface area (Å²) in [6.45, 7) is 20.1. The van der Waals surface area contributed by atoms with Crippen LogP contribution < -0.4 is 18.9 Å². The van der Waals surface area contributed by atoms with E-state index in [0.717, 1.165) is 29.3 Å². The summed E-state index contributed by atoms with van der Waals surface area (Å²) in [6, 6.07) is 3.00. The molecule has 20 nitrogen and oxygen atoms in total. The molecular formula is C41H59F3N4O16SSi2. The molecule has 0 bridgehead atoms. The number of amides is 2. The zero-order chi connectivity index (χ0) is 51.4. The number of nitrogens with zero attached hydrogens (tertiary/aromatic N) is 4. The Morgan fingerprint density at radius 1 is 0.701 bits per heavy atom.